The number of likely N-dealkylation sites (tertiary alicyclic amines) is 1. The molecule has 0 spiro atoms. The number of alkyl halides is 2. The Labute approximate surface area is 242 Å². The Balaban J connectivity index is 1.31. The normalized spacial score (nSPS) is 19.9. The van der Waals surface area contributed by atoms with Crippen molar-refractivity contribution in [2.24, 2.45) is 5.92 Å². The van der Waals surface area contributed by atoms with E-state index in [1.807, 2.05) is 30.6 Å². The van der Waals surface area contributed by atoms with E-state index in [2.05, 4.69) is 24.9 Å². The largest absolute Gasteiger partial charge is 0.444 e. The van der Waals surface area contributed by atoms with Crippen molar-refractivity contribution in [1.82, 2.24) is 34.7 Å². The van der Waals surface area contributed by atoms with Gasteiger partial charge >= 0.3 is 6.09 Å². The number of anilines is 3. The van der Waals surface area contributed by atoms with Crippen molar-refractivity contribution in [1.29, 1.82) is 0 Å². The molecule has 2 N–H and O–H groups in total. The molecule has 42 heavy (non-hydrogen) atoms. The molecule has 0 saturated carbocycles. The molecule has 5 rings (SSSR count). The molecule has 14 nitrogen and oxygen atoms in total. The monoisotopic (exact) mass is 590 g/mol. The van der Waals surface area contributed by atoms with Crippen LogP contribution in [0, 0.1) is 5.92 Å². The first-order chi connectivity index (χ1) is 20.0. The van der Waals surface area contributed by atoms with Crippen LogP contribution in [-0.4, -0.2) is 118 Å². The van der Waals surface area contributed by atoms with Gasteiger partial charge in [0.2, 0.25) is 23.8 Å². The van der Waals surface area contributed by atoms with E-state index in [0.717, 1.165) is 0 Å². The molecular formula is C26H36F2N10O4. The van der Waals surface area contributed by atoms with Crippen LogP contribution in [0.4, 0.5) is 31.4 Å². The van der Waals surface area contributed by atoms with Gasteiger partial charge in [-0.05, 0) is 27.2 Å². The molecule has 1 atom stereocenters. The topological polar surface area (TPSA) is 156 Å². The van der Waals surface area contributed by atoms with Gasteiger partial charge in [-0.2, -0.15) is 15.0 Å². The fourth-order valence-electron chi connectivity index (χ4n) is 5.11. The van der Waals surface area contributed by atoms with E-state index in [1.54, 1.807) is 9.80 Å². The number of amides is 2. The zero-order chi connectivity index (χ0) is 30.0. The molecule has 2 amide bonds. The second-order valence-corrected chi connectivity index (χ2v) is 11.4. The molecule has 2 aromatic rings. The molecule has 5 heterocycles. The van der Waals surface area contributed by atoms with Crippen molar-refractivity contribution in [2.45, 2.75) is 39.2 Å². The lowest BCUT2D eigenvalue weighted by Crippen LogP contribution is -2.51. The molecule has 0 unspecified atom stereocenters. The summed E-state index contributed by atoms with van der Waals surface area (Å²) in [5.41, 5.74) is 4.38. The molecule has 228 valence electrons. The average Bonchev–Trinajstić information content (AvgIpc) is 3.47. The Hall–Kier alpha value is -3.95. The summed E-state index contributed by atoms with van der Waals surface area (Å²) in [6, 6.07) is 0. The number of halogens is 2. The van der Waals surface area contributed by atoms with Crippen LogP contribution in [0.1, 0.15) is 39.3 Å². The molecule has 3 saturated heterocycles. The number of ether oxygens (including phenoxy) is 2. The van der Waals surface area contributed by atoms with Crippen LogP contribution in [0.3, 0.4) is 0 Å². The first-order valence-corrected chi connectivity index (χ1v) is 14.0. The summed E-state index contributed by atoms with van der Waals surface area (Å²) in [4.78, 5) is 54.2. The van der Waals surface area contributed by atoms with Gasteiger partial charge < -0.3 is 34.8 Å². The Morgan fingerprint density at radius 3 is 2.21 bits per heavy atom. The van der Waals surface area contributed by atoms with Crippen LogP contribution in [-0.2, 0) is 14.3 Å². The van der Waals surface area contributed by atoms with E-state index >= 15 is 0 Å². The Morgan fingerprint density at radius 2 is 1.60 bits per heavy atom. The van der Waals surface area contributed by atoms with E-state index < -0.39 is 23.8 Å². The highest BCUT2D eigenvalue weighted by Gasteiger charge is 2.36. The summed E-state index contributed by atoms with van der Waals surface area (Å²) < 4.78 is 38.6. The number of carbonyl (C=O) groups excluding carboxylic acids is 2. The highest BCUT2D eigenvalue weighted by atomic mass is 19.3. The summed E-state index contributed by atoms with van der Waals surface area (Å²) in [6.07, 6.45) is -1.54. The first kappa shape index (κ1) is 29.5. The summed E-state index contributed by atoms with van der Waals surface area (Å²) in [5, 5.41) is 0. The third-order valence-electron chi connectivity index (χ3n) is 7.25. The number of hydrogen-bond acceptors (Lipinski definition) is 12. The minimum absolute atomic E-state index is 0.00773. The quantitative estimate of drug-likeness (QED) is 0.537. The SMILES string of the molecule is CC(C)(C)OC(=O)N1CC[C@H](C(=O)N2CCN(c3nc(-c4cnc(N)nc4C(F)F)nc(N4CCOCC4)n3)CC2)C1. The second-order valence-electron chi connectivity index (χ2n) is 11.4. The third kappa shape index (κ3) is 6.74. The maximum absolute atomic E-state index is 13.9. The lowest BCUT2D eigenvalue weighted by molar-refractivity contribution is -0.135. The highest BCUT2D eigenvalue weighted by Crippen LogP contribution is 2.30. The van der Waals surface area contributed by atoms with Gasteiger partial charge in [0, 0.05) is 58.6 Å². The summed E-state index contributed by atoms with van der Waals surface area (Å²) in [5.74, 6) is 0.0906. The zero-order valence-electron chi connectivity index (χ0n) is 24.0. The van der Waals surface area contributed by atoms with E-state index in [4.69, 9.17) is 15.2 Å². The van der Waals surface area contributed by atoms with E-state index in [0.29, 0.717) is 83.9 Å². The highest BCUT2D eigenvalue weighted by molar-refractivity contribution is 5.81. The number of nitrogen functional groups attached to an aromatic ring is 1. The van der Waals surface area contributed by atoms with Gasteiger partial charge in [-0.1, -0.05) is 0 Å². The third-order valence-corrected chi connectivity index (χ3v) is 7.25. The van der Waals surface area contributed by atoms with Crippen LogP contribution < -0.4 is 15.5 Å². The minimum atomic E-state index is -2.91. The van der Waals surface area contributed by atoms with Gasteiger partial charge in [0.05, 0.1) is 24.7 Å². The van der Waals surface area contributed by atoms with Gasteiger partial charge in [0.1, 0.15) is 11.3 Å². The standard InChI is InChI=1S/C26H36F2N10O4/c1-26(2,3)42-25(40)38-5-4-16(15-38)21(39)35-6-8-36(9-7-35)23-32-20(17-14-30-22(29)31-18(17)19(27)28)33-24(34-23)37-10-12-41-13-11-37/h14,16,19H,4-13,15H2,1-3H3,(H2,29,30,31)/t16-/m0/s1. The van der Waals surface area contributed by atoms with E-state index in [1.165, 1.54) is 6.20 Å². The first-order valence-electron chi connectivity index (χ1n) is 14.0. The van der Waals surface area contributed by atoms with Crippen LogP contribution in [0.25, 0.3) is 11.4 Å². The summed E-state index contributed by atoms with van der Waals surface area (Å²) in [6.45, 7) is 9.96. The van der Waals surface area contributed by atoms with Gasteiger partial charge in [0.25, 0.3) is 6.43 Å². The van der Waals surface area contributed by atoms with Crippen molar-refractivity contribution < 1.29 is 27.8 Å². The maximum atomic E-state index is 13.9. The number of piperazine rings is 1. The Kier molecular flexibility index (Phi) is 8.52. The van der Waals surface area contributed by atoms with Crippen LogP contribution >= 0.6 is 0 Å². The van der Waals surface area contributed by atoms with Crippen LogP contribution in [0.5, 0.6) is 0 Å². The Bertz CT molecular complexity index is 1300. The lowest BCUT2D eigenvalue weighted by Gasteiger charge is -2.36. The molecular weight excluding hydrogens is 554 g/mol. The van der Waals surface area contributed by atoms with Crippen LogP contribution in [0.2, 0.25) is 0 Å². The Morgan fingerprint density at radius 1 is 0.952 bits per heavy atom. The number of nitrogens with two attached hydrogens (primary N) is 1. The number of hydrogen-bond donors (Lipinski definition) is 1. The molecule has 3 aliphatic heterocycles. The number of morpholine rings is 1. The molecule has 2 aromatic heterocycles. The lowest BCUT2D eigenvalue weighted by atomic mass is 10.1. The molecule has 3 aliphatic rings. The predicted octanol–water partition coefficient (Wildman–Crippen LogP) is 1.59. The van der Waals surface area contributed by atoms with E-state index in [9.17, 15) is 18.4 Å². The minimum Gasteiger partial charge on any atom is -0.444 e. The predicted molar refractivity (Wildman–Crippen MR) is 148 cm³/mol. The van der Waals surface area contributed by atoms with Crippen molar-refractivity contribution in [2.75, 3.05) is 81.1 Å². The van der Waals surface area contributed by atoms with Gasteiger partial charge in [-0.3, -0.25) is 4.79 Å². The molecule has 0 aromatic carbocycles. The number of nitrogens with zero attached hydrogens (tertiary/aromatic N) is 9. The molecule has 0 bridgehead atoms. The van der Waals surface area contributed by atoms with Gasteiger partial charge in [-0.15, -0.1) is 0 Å². The average molecular weight is 591 g/mol. The van der Waals surface area contributed by atoms with E-state index in [-0.39, 0.29) is 29.2 Å². The summed E-state index contributed by atoms with van der Waals surface area (Å²) >= 11 is 0. The van der Waals surface area contributed by atoms with Crippen molar-refractivity contribution in [3.63, 3.8) is 0 Å². The smallest absolute Gasteiger partial charge is 0.410 e. The van der Waals surface area contributed by atoms with Crippen molar-refractivity contribution in [3.05, 3.63) is 11.9 Å². The fraction of sp³-hybridized carbons (Fsp3) is 0.654. The fourth-order valence-corrected chi connectivity index (χ4v) is 5.11. The number of carbonyl (C=O) groups is 2. The molecule has 3 fully saturated rings. The molecule has 0 aliphatic carbocycles. The maximum Gasteiger partial charge on any atom is 0.410 e. The summed E-state index contributed by atoms with van der Waals surface area (Å²) in [7, 11) is 0. The molecule has 16 heteroatoms. The van der Waals surface area contributed by atoms with Crippen LogP contribution in [0.15, 0.2) is 6.20 Å². The molecule has 0 radical (unpaired) electrons. The number of rotatable bonds is 5. The van der Waals surface area contributed by atoms with Gasteiger partial charge in [0.15, 0.2) is 5.82 Å². The second kappa shape index (κ2) is 12.1. The van der Waals surface area contributed by atoms with Crippen molar-refractivity contribution in [3.8, 4) is 11.4 Å². The number of aromatic nitrogens is 5. The van der Waals surface area contributed by atoms with Crippen molar-refractivity contribution >= 4 is 29.8 Å². The van der Waals surface area contributed by atoms with Gasteiger partial charge in [-0.25, -0.2) is 23.5 Å². The zero-order valence-corrected chi connectivity index (χ0v) is 24.0.